The summed E-state index contributed by atoms with van der Waals surface area (Å²) in [5.74, 6) is 0. The Hall–Kier alpha value is -0.170. The van der Waals surface area contributed by atoms with Crippen molar-refractivity contribution in [2.24, 2.45) is 0 Å². The van der Waals surface area contributed by atoms with Crippen LogP contribution in [-0.4, -0.2) is 44.4 Å². The molecule has 2 aliphatic rings. The predicted molar refractivity (Wildman–Crippen MR) is 68.0 cm³/mol. The van der Waals surface area contributed by atoms with Gasteiger partial charge in [-0.3, -0.25) is 0 Å². The zero-order chi connectivity index (χ0) is 12.3. The Labute approximate surface area is 104 Å². The van der Waals surface area contributed by atoms with E-state index in [0.717, 1.165) is 38.6 Å². The van der Waals surface area contributed by atoms with E-state index in [4.69, 9.17) is 0 Å². The van der Waals surface area contributed by atoms with Gasteiger partial charge in [0.05, 0.1) is 0 Å². The number of piperidine rings is 2. The molecule has 0 spiro atoms. The van der Waals surface area contributed by atoms with E-state index in [1.165, 1.54) is 0 Å². The van der Waals surface area contributed by atoms with Crippen LogP contribution in [-0.2, 0) is 10.2 Å². The summed E-state index contributed by atoms with van der Waals surface area (Å²) in [7, 11) is -3.26. The van der Waals surface area contributed by atoms with Crippen molar-refractivity contribution in [2.75, 3.05) is 19.6 Å². The van der Waals surface area contributed by atoms with Crippen molar-refractivity contribution >= 4 is 10.2 Å². The highest BCUT2D eigenvalue weighted by molar-refractivity contribution is 7.87. The van der Waals surface area contributed by atoms with E-state index >= 15 is 0 Å². The van der Waals surface area contributed by atoms with E-state index in [2.05, 4.69) is 17.0 Å². The number of nitrogens with one attached hydrogen (secondary N) is 2. The molecule has 5 nitrogen and oxygen atoms in total. The molecule has 0 aromatic rings. The van der Waals surface area contributed by atoms with Crippen molar-refractivity contribution in [3.63, 3.8) is 0 Å². The molecule has 100 valence electrons. The van der Waals surface area contributed by atoms with Crippen LogP contribution in [0.3, 0.4) is 0 Å². The first-order chi connectivity index (χ1) is 8.08. The van der Waals surface area contributed by atoms with E-state index < -0.39 is 10.2 Å². The van der Waals surface area contributed by atoms with Gasteiger partial charge in [0.15, 0.2) is 0 Å². The number of hydrogen-bond acceptors (Lipinski definition) is 3. The highest BCUT2D eigenvalue weighted by Gasteiger charge is 2.28. The number of nitrogens with zero attached hydrogens (tertiary/aromatic N) is 1. The summed E-state index contributed by atoms with van der Waals surface area (Å²) in [5, 5.41) is 3.31. The Balaban J connectivity index is 1.88. The van der Waals surface area contributed by atoms with Gasteiger partial charge >= 0.3 is 0 Å². The molecule has 17 heavy (non-hydrogen) atoms. The molecular formula is C11H23N3O2S. The SMILES string of the molecule is CC1CCC(NS(=O)(=O)N2CCCCC2)CN1. The molecule has 2 saturated heterocycles. The first-order valence-electron chi connectivity index (χ1n) is 6.59. The summed E-state index contributed by atoms with van der Waals surface area (Å²) in [5.41, 5.74) is 0. The zero-order valence-corrected chi connectivity index (χ0v) is 11.3. The third kappa shape index (κ3) is 3.64. The van der Waals surface area contributed by atoms with E-state index in [9.17, 15) is 8.42 Å². The fourth-order valence-electron chi connectivity index (χ4n) is 2.49. The van der Waals surface area contributed by atoms with Crippen LogP contribution in [0.1, 0.15) is 39.0 Å². The average molecular weight is 261 g/mol. The first kappa shape index (κ1) is 13.3. The highest BCUT2D eigenvalue weighted by Crippen LogP contribution is 2.14. The Kier molecular flexibility index (Phi) is 4.41. The summed E-state index contributed by atoms with van der Waals surface area (Å²) in [6.07, 6.45) is 5.09. The van der Waals surface area contributed by atoms with Crippen LogP contribution in [0.4, 0.5) is 0 Å². The number of rotatable bonds is 3. The lowest BCUT2D eigenvalue weighted by Gasteiger charge is -2.32. The molecule has 2 aliphatic heterocycles. The van der Waals surface area contributed by atoms with Crippen molar-refractivity contribution in [3.05, 3.63) is 0 Å². The van der Waals surface area contributed by atoms with Crippen LogP contribution < -0.4 is 10.0 Å². The first-order valence-corrected chi connectivity index (χ1v) is 8.03. The molecule has 2 atom stereocenters. The molecule has 2 heterocycles. The molecule has 0 saturated carbocycles. The Morgan fingerprint density at radius 1 is 1.18 bits per heavy atom. The van der Waals surface area contributed by atoms with E-state index in [0.29, 0.717) is 19.1 Å². The summed E-state index contributed by atoms with van der Waals surface area (Å²) < 4.78 is 28.7. The van der Waals surface area contributed by atoms with Crippen LogP contribution in [0.15, 0.2) is 0 Å². The molecule has 0 aliphatic carbocycles. The van der Waals surface area contributed by atoms with Crippen LogP contribution in [0.2, 0.25) is 0 Å². The van der Waals surface area contributed by atoms with Gasteiger partial charge in [-0.2, -0.15) is 17.4 Å². The van der Waals surface area contributed by atoms with E-state index in [1.54, 1.807) is 4.31 Å². The van der Waals surface area contributed by atoms with Crippen molar-refractivity contribution in [2.45, 2.75) is 51.1 Å². The minimum Gasteiger partial charge on any atom is -0.313 e. The zero-order valence-electron chi connectivity index (χ0n) is 10.5. The molecule has 0 aromatic heterocycles. The molecule has 0 aromatic carbocycles. The van der Waals surface area contributed by atoms with Gasteiger partial charge in [0.25, 0.3) is 10.2 Å². The Morgan fingerprint density at radius 2 is 1.88 bits per heavy atom. The van der Waals surface area contributed by atoms with Gasteiger partial charge in [0.2, 0.25) is 0 Å². The lowest BCUT2D eigenvalue weighted by atomic mass is 10.0. The normalized spacial score (nSPS) is 32.5. The molecule has 0 radical (unpaired) electrons. The topological polar surface area (TPSA) is 61.4 Å². The minimum absolute atomic E-state index is 0.0538. The summed E-state index contributed by atoms with van der Waals surface area (Å²) in [6.45, 7) is 4.22. The summed E-state index contributed by atoms with van der Waals surface area (Å²) >= 11 is 0. The van der Waals surface area contributed by atoms with Crippen LogP contribution >= 0.6 is 0 Å². The van der Waals surface area contributed by atoms with Crippen molar-refractivity contribution < 1.29 is 8.42 Å². The van der Waals surface area contributed by atoms with Gasteiger partial charge < -0.3 is 5.32 Å². The second-order valence-electron chi connectivity index (χ2n) is 5.17. The van der Waals surface area contributed by atoms with Crippen molar-refractivity contribution in [3.8, 4) is 0 Å². The van der Waals surface area contributed by atoms with Crippen LogP contribution in [0, 0.1) is 0 Å². The standard InChI is InChI=1S/C11H23N3O2S/c1-10-5-6-11(9-12-10)13-17(15,16)14-7-3-2-4-8-14/h10-13H,2-9H2,1H3. The molecule has 2 rings (SSSR count). The molecule has 2 unspecified atom stereocenters. The molecule has 0 amide bonds. The van der Waals surface area contributed by atoms with Crippen molar-refractivity contribution in [1.29, 1.82) is 0 Å². The van der Waals surface area contributed by atoms with Crippen LogP contribution in [0.25, 0.3) is 0 Å². The minimum atomic E-state index is -3.26. The predicted octanol–water partition coefficient (Wildman–Crippen LogP) is 0.447. The lowest BCUT2D eigenvalue weighted by molar-refractivity contribution is 0.323. The summed E-state index contributed by atoms with van der Waals surface area (Å²) in [4.78, 5) is 0. The average Bonchev–Trinajstić information content (AvgIpc) is 2.33. The maximum atomic E-state index is 12.1. The monoisotopic (exact) mass is 261 g/mol. The molecular weight excluding hydrogens is 238 g/mol. The Bertz CT molecular complexity index is 331. The second-order valence-corrected chi connectivity index (χ2v) is 6.87. The van der Waals surface area contributed by atoms with Gasteiger partial charge in [-0.1, -0.05) is 6.42 Å². The molecule has 2 fully saturated rings. The quantitative estimate of drug-likeness (QED) is 0.775. The van der Waals surface area contributed by atoms with Gasteiger partial charge in [-0.15, -0.1) is 0 Å². The summed E-state index contributed by atoms with van der Waals surface area (Å²) in [6, 6.07) is 0.559. The van der Waals surface area contributed by atoms with Crippen molar-refractivity contribution in [1.82, 2.24) is 14.3 Å². The Morgan fingerprint density at radius 3 is 2.47 bits per heavy atom. The third-order valence-electron chi connectivity index (χ3n) is 3.63. The van der Waals surface area contributed by atoms with Gasteiger partial charge in [-0.25, -0.2) is 0 Å². The third-order valence-corrected chi connectivity index (χ3v) is 5.31. The van der Waals surface area contributed by atoms with Gasteiger partial charge in [0.1, 0.15) is 0 Å². The lowest BCUT2D eigenvalue weighted by Crippen LogP contribution is -2.53. The second kappa shape index (κ2) is 5.65. The smallest absolute Gasteiger partial charge is 0.279 e. The van der Waals surface area contributed by atoms with Gasteiger partial charge in [-0.05, 0) is 32.6 Å². The maximum absolute atomic E-state index is 12.1. The molecule has 0 bridgehead atoms. The highest BCUT2D eigenvalue weighted by atomic mass is 32.2. The van der Waals surface area contributed by atoms with Gasteiger partial charge in [0, 0.05) is 31.7 Å². The molecule has 6 heteroatoms. The largest absolute Gasteiger partial charge is 0.313 e. The van der Waals surface area contributed by atoms with Crippen LogP contribution in [0.5, 0.6) is 0 Å². The number of hydrogen-bond donors (Lipinski definition) is 2. The fraction of sp³-hybridized carbons (Fsp3) is 1.00. The fourth-order valence-corrected chi connectivity index (χ4v) is 4.00. The van der Waals surface area contributed by atoms with E-state index in [-0.39, 0.29) is 6.04 Å². The maximum Gasteiger partial charge on any atom is 0.279 e. The molecule has 2 N–H and O–H groups in total. The van der Waals surface area contributed by atoms with E-state index in [1.807, 2.05) is 0 Å².